The molecule has 0 amide bonds. The van der Waals surface area contributed by atoms with Crippen molar-refractivity contribution >= 4 is 5.97 Å². The maximum absolute atomic E-state index is 12.0. The third-order valence-corrected chi connectivity index (χ3v) is 2.57. The number of ether oxygens (including phenoxy) is 2. The molecular formula is C13H16N2O4. The van der Waals surface area contributed by atoms with Crippen molar-refractivity contribution in [3.63, 3.8) is 0 Å². The van der Waals surface area contributed by atoms with Gasteiger partial charge in [-0.1, -0.05) is 0 Å². The van der Waals surface area contributed by atoms with Gasteiger partial charge in [-0.25, -0.2) is 0 Å². The van der Waals surface area contributed by atoms with Crippen LogP contribution in [0.5, 0.6) is 0 Å². The molecule has 1 rings (SSSR count). The van der Waals surface area contributed by atoms with E-state index in [4.69, 9.17) is 14.7 Å². The molecule has 0 aliphatic carbocycles. The summed E-state index contributed by atoms with van der Waals surface area (Å²) >= 11 is 0. The second kappa shape index (κ2) is 6.71. The van der Waals surface area contributed by atoms with Gasteiger partial charge in [0.25, 0.3) is 5.56 Å². The molecule has 0 atom stereocenters. The van der Waals surface area contributed by atoms with Crippen LogP contribution >= 0.6 is 0 Å². The highest BCUT2D eigenvalue weighted by Gasteiger charge is 2.09. The Balaban J connectivity index is 2.72. The van der Waals surface area contributed by atoms with E-state index in [0.717, 1.165) is 0 Å². The van der Waals surface area contributed by atoms with Gasteiger partial charge in [0.2, 0.25) is 0 Å². The highest BCUT2D eigenvalue weighted by molar-refractivity contribution is 5.65. The topological polar surface area (TPSA) is 81.3 Å². The largest absolute Gasteiger partial charge is 0.463 e. The minimum atomic E-state index is -0.376. The molecule has 6 nitrogen and oxygen atoms in total. The number of aryl methyl sites for hydroxylation is 2. The van der Waals surface area contributed by atoms with Gasteiger partial charge in [0.05, 0.1) is 6.61 Å². The van der Waals surface area contributed by atoms with E-state index >= 15 is 0 Å². The van der Waals surface area contributed by atoms with E-state index < -0.39 is 0 Å². The average Bonchev–Trinajstić information content (AvgIpc) is 2.32. The SMILES string of the molecule is CC(=O)OCCOCn1c(C)cc(C)c(C#N)c1=O. The summed E-state index contributed by atoms with van der Waals surface area (Å²) in [6.07, 6.45) is 0. The van der Waals surface area contributed by atoms with Gasteiger partial charge in [0.15, 0.2) is 0 Å². The summed E-state index contributed by atoms with van der Waals surface area (Å²) in [6, 6.07) is 3.65. The molecule has 0 aliphatic heterocycles. The predicted octanol–water partition coefficient (Wildman–Crippen LogP) is 0.874. The van der Waals surface area contributed by atoms with Gasteiger partial charge in [-0.2, -0.15) is 5.26 Å². The van der Waals surface area contributed by atoms with E-state index in [9.17, 15) is 9.59 Å². The molecule has 102 valence electrons. The van der Waals surface area contributed by atoms with Crippen LogP contribution in [0, 0.1) is 25.2 Å². The number of hydrogen-bond acceptors (Lipinski definition) is 5. The van der Waals surface area contributed by atoms with Crippen LogP contribution in [0.4, 0.5) is 0 Å². The van der Waals surface area contributed by atoms with Crippen molar-refractivity contribution in [3.05, 3.63) is 33.2 Å². The lowest BCUT2D eigenvalue weighted by molar-refractivity contribution is -0.142. The van der Waals surface area contributed by atoms with E-state index in [0.29, 0.717) is 11.3 Å². The monoisotopic (exact) mass is 264 g/mol. The first-order valence-corrected chi connectivity index (χ1v) is 5.79. The Morgan fingerprint density at radius 3 is 2.68 bits per heavy atom. The van der Waals surface area contributed by atoms with Crippen molar-refractivity contribution < 1.29 is 14.3 Å². The smallest absolute Gasteiger partial charge is 0.302 e. The van der Waals surface area contributed by atoms with Crippen molar-refractivity contribution in [3.8, 4) is 6.07 Å². The molecule has 0 bridgehead atoms. The zero-order valence-electron chi connectivity index (χ0n) is 11.2. The van der Waals surface area contributed by atoms with Crippen LogP contribution in [0.25, 0.3) is 0 Å². The Bertz CT molecular complexity index is 569. The second-order valence-electron chi connectivity index (χ2n) is 4.07. The number of nitrogens with zero attached hydrogens (tertiary/aromatic N) is 2. The van der Waals surface area contributed by atoms with Crippen molar-refractivity contribution in [1.82, 2.24) is 4.57 Å². The Labute approximate surface area is 111 Å². The Morgan fingerprint density at radius 2 is 2.11 bits per heavy atom. The van der Waals surface area contributed by atoms with Crippen molar-refractivity contribution in [2.45, 2.75) is 27.5 Å². The summed E-state index contributed by atoms with van der Waals surface area (Å²) < 4.78 is 11.3. The standard InChI is InChI=1S/C13H16N2O4/c1-9-6-10(2)15(13(17)12(9)7-14)8-18-4-5-19-11(3)16/h6H,4-5,8H2,1-3H3. The molecule has 0 aliphatic rings. The molecule has 6 heteroatoms. The van der Waals surface area contributed by atoms with Crippen molar-refractivity contribution in [2.75, 3.05) is 13.2 Å². The predicted molar refractivity (Wildman–Crippen MR) is 67.5 cm³/mol. The molecule has 0 radical (unpaired) electrons. The lowest BCUT2D eigenvalue weighted by Gasteiger charge is -2.12. The van der Waals surface area contributed by atoms with Gasteiger partial charge in [0.1, 0.15) is 25.0 Å². The van der Waals surface area contributed by atoms with Gasteiger partial charge in [-0.15, -0.1) is 0 Å². The first-order valence-electron chi connectivity index (χ1n) is 5.79. The minimum Gasteiger partial charge on any atom is -0.463 e. The van der Waals surface area contributed by atoms with Gasteiger partial charge < -0.3 is 9.47 Å². The zero-order valence-corrected chi connectivity index (χ0v) is 11.2. The van der Waals surface area contributed by atoms with Crippen LogP contribution in [0.3, 0.4) is 0 Å². The van der Waals surface area contributed by atoms with Gasteiger partial charge >= 0.3 is 5.97 Å². The third kappa shape index (κ3) is 3.93. The summed E-state index contributed by atoms with van der Waals surface area (Å²) in [6.45, 7) is 5.17. The van der Waals surface area contributed by atoms with Crippen LogP contribution < -0.4 is 5.56 Å². The van der Waals surface area contributed by atoms with Gasteiger partial charge in [0, 0.05) is 12.6 Å². The van der Waals surface area contributed by atoms with Crippen molar-refractivity contribution in [2.24, 2.45) is 0 Å². The lowest BCUT2D eigenvalue weighted by atomic mass is 10.1. The Morgan fingerprint density at radius 1 is 1.42 bits per heavy atom. The highest BCUT2D eigenvalue weighted by Crippen LogP contribution is 2.05. The molecule has 1 heterocycles. The summed E-state index contributed by atoms with van der Waals surface area (Å²) in [5.74, 6) is -0.376. The summed E-state index contributed by atoms with van der Waals surface area (Å²) in [5.41, 5.74) is 1.12. The Kier molecular flexibility index (Phi) is 5.27. The second-order valence-corrected chi connectivity index (χ2v) is 4.07. The first-order chi connectivity index (χ1) is 8.97. The number of hydrogen-bond donors (Lipinski definition) is 0. The van der Waals surface area contributed by atoms with Crippen LogP contribution in [-0.4, -0.2) is 23.8 Å². The fraction of sp³-hybridized carbons (Fsp3) is 0.462. The van der Waals surface area contributed by atoms with Crippen LogP contribution in [-0.2, 0) is 21.0 Å². The number of aromatic nitrogens is 1. The third-order valence-electron chi connectivity index (χ3n) is 2.57. The number of carbonyl (C=O) groups excluding carboxylic acids is 1. The molecule has 1 aromatic heterocycles. The molecule has 0 N–H and O–H groups in total. The normalized spacial score (nSPS) is 10.0. The number of esters is 1. The van der Waals surface area contributed by atoms with Crippen molar-refractivity contribution in [1.29, 1.82) is 5.26 Å². The van der Waals surface area contributed by atoms with E-state index in [1.165, 1.54) is 11.5 Å². The molecule has 0 saturated carbocycles. The number of nitriles is 1. The molecule has 0 saturated heterocycles. The Hall–Kier alpha value is -2.13. The van der Waals surface area contributed by atoms with Crippen LogP contribution in [0.2, 0.25) is 0 Å². The quantitative estimate of drug-likeness (QED) is 0.582. The number of carbonyl (C=O) groups is 1. The number of rotatable bonds is 5. The van der Waals surface area contributed by atoms with E-state index in [-0.39, 0.29) is 37.0 Å². The first kappa shape index (κ1) is 14.9. The molecule has 0 unspecified atom stereocenters. The number of pyridine rings is 1. The molecule has 0 aromatic carbocycles. The molecule has 19 heavy (non-hydrogen) atoms. The minimum absolute atomic E-state index is 0.0287. The maximum Gasteiger partial charge on any atom is 0.302 e. The van der Waals surface area contributed by atoms with Crippen LogP contribution in [0.15, 0.2) is 10.9 Å². The maximum atomic E-state index is 12.0. The van der Waals surface area contributed by atoms with Crippen LogP contribution in [0.1, 0.15) is 23.7 Å². The average molecular weight is 264 g/mol. The molecule has 1 aromatic rings. The fourth-order valence-corrected chi connectivity index (χ4v) is 1.62. The zero-order chi connectivity index (χ0) is 14.4. The highest BCUT2D eigenvalue weighted by atomic mass is 16.6. The van der Waals surface area contributed by atoms with E-state index in [1.807, 2.05) is 6.07 Å². The summed E-state index contributed by atoms with van der Waals surface area (Å²) in [5, 5.41) is 8.92. The summed E-state index contributed by atoms with van der Waals surface area (Å²) in [4.78, 5) is 22.5. The molecule has 0 spiro atoms. The van der Waals surface area contributed by atoms with Gasteiger partial charge in [-0.3, -0.25) is 14.2 Å². The van der Waals surface area contributed by atoms with E-state index in [1.54, 1.807) is 19.9 Å². The van der Waals surface area contributed by atoms with Gasteiger partial charge in [-0.05, 0) is 25.5 Å². The fourth-order valence-electron chi connectivity index (χ4n) is 1.62. The summed E-state index contributed by atoms with van der Waals surface area (Å²) in [7, 11) is 0. The molecule has 0 fully saturated rings. The molecular weight excluding hydrogens is 248 g/mol. The lowest BCUT2D eigenvalue weighted by Crippen LogP contribution is -2.27. The van der Waals surface area contributed by atoms with E-state index in [2.05, 4.69) is 0 Å².